The Bertz CT molecular complexity index is 1010. The number of rotatable bonds is 6. The first-order valence-electron chi connectivity index (χ1n) is 9.63. The maximum atomic E-state index is 12.3. The molecular formula is C22H23N3O4. The monoisotopic (exact) mass is 393 g/mol. The number of methoxy groups -OCH3 is 2. The summed E-state index contributed by atoms with van der Waals surface area (Å²) >= 11 is 0. The topological polar surface area (TPSA) is 82.6 Å². The number of nitrogens with zero attached hydrogens (tertiary/aromatic N) is 2. The molecule has 2 aromatic carbocycles. The quantitative estimate of drug-likeness (QED) is 0.661. The number of hydrogen-bond donors (Lipinski definition) is 1. The van der Waals surface area contributed by atoms with Gasteiger partial charge in [-0.3, -0.25) is 4.79 Å². The van der Waals surface area contributed by atoms with Crippen molar-refractivity contribution in [3.8, 4) is 23.1 Å². The number of hydrogen-bond acceptors (Lipinski definition) is 6. The first-order chi connectivity index (χ1) is 14.2. The molecule has 0 bridgehead atoms. The predicted molar refractivity (Wildman–Crippen MR) is 110 cm³/mol. The lowest BCUT2D eigenvalue weighted by Crippen LogP contribution is -2.20. The van der Waals surface area contributed by atoms with E-state index in [4.69, 9.17) is 14.2 Å². The highest BCUT2D eigenvalue weighted by atomic mass is 16.5. The number of carbonyl (C=O) groups is 1. The van der Waals surface area contributed by atoms with Crippen LogP contribution >= 0.6 is 0 Å². The van der Waals surface area contributed by atoms with E-state index in [1.54, 1.807) is 38.5 Å². The fourth-order valence-electron chi connectivity index (χ4n) is 3.59. The van der Waals surface area contributed by atoms with Gasteiger partial charge in [0, 0.05) is 17.7 Å². The Labute approximate surface area is 169 Å². The van der Waals surface area contributed by atoms with Crippen LogP contribution in [0, 0.1) is 5.92 Å². The molecule has 3 aromatic rings. The second-order valence-electron chi connectivity index (χ2n) is 7.00. The Kier molecular flexibility index (Phi) is 5.46. The van der Waals surface area contributed by atoms with E-state index >= 15 is 0 Å². The summed E-state index contributed by atoms with van der Waals surface area (Å²) in [6.45, 7) is 0. The van der Waals surface area contributed by atoms with Crippen molar-refractivity contribution in [1.82, 2.24) is 9.97 Å². The number of anilines is 1. The number of benzene rings is 2. The smallest absolute Gasteiger partial charge is 0.230 e. The van der Waals surface area contributed by atoms with Crippen LogP contribution in [0.3, 0.4) is 0 Å². The third kappa shape index (κ3) is 4.08. The molecule has 1 N–H and O–H groups in total. The maximum Gasteiger partial charge on any atom is 0.230 e. The number of nitrogens with one attached hydrogen (secondary N) is 1. The number of fused-ring (bicyclic) bond motifs is 1. The van der Waals surface area contributed by atoms with Crippen LogP contribution in [-0.4, -0.2) is 30.1 Å². The highest BCUT2D eigenvalue weighted by Crippen LogP contribution is 2.36. The first kappa shape index (κ1) is 19.0. The van der Waals surface area contributed by atoms with Gasteiger partial charge in [0.2, 0.25) is 11.8 Å². The Morgan fingerprint density at radius 1 is 1.00 bits per heavy atom. The summed E-state index contributed by atoms with van der Waals surface area (Å²) in [6.07, 6.45) is 5.66. The van der Waals surface area contributed by atoms with Crippen molar-refractivity contribution in [1.29, 1.82) is 0 Å². The molecule has 1 fully saturated rings. The molecule has 0 radical (unpaired) electrons. The van der Waals surface area contributed by atoms with E-state index in [0.717, 1.165) is 31.4 Å². The fourth-order valence-corrected chi connectivity index (χ4v) is 3.59. The molecule has 4 rings (SSSR count). The normalized spacial score (nSPS) is 14.0. The molecule has 150 valence electrons. The molecule has 0 aliphatic heterocycles. The Balaban J connectivity index is 1.53. The van der Waals surface area contributed by atoms with Gasteiger partial charge in [-0.25, -0.2) is 9.97 Å². The minimum atomic E-state index is 0.0963. The van der Waals surface area contributed by atoms with Gasteiger partial charge in [-0.1, -0.05) is 12.8 Å². The van der Waals surface area contributed by atoms with E-state index in [1.165, 1.54) is 6.33 Å². The van der Waals surface area contributed by atoms with E-state index in [9.17, 15) is 4.79 Å². The third-order valence-corrected chi connectivity index (χ3v) is 5.17. The molecule has 1 aliphatic rings. The molecule has 1 saturated carbocycles. The lowest BCUT2D eigenvalue weighted by Gasteiger charge is -2.12. The Morgan fingerprint density at radius 2 is 1.69 bits per heavy atom. The van der Waals surface area contributed by atoms with Crippen molar-refractivity contribution in [3.63, 3.8) is 0 Å². The fraction of sp³-hybridized carbons (Fsp3) is 0.318. The molecular weight excluding hydrogens is 370 g/mol. The molecule has 1 aliphatic carbocycles. The van der Waals surface area contributed by atoms with Crippen LogP contribution in [0.15, 0.2) is 42.7 Å². The number of ether oxygens (including phenoxy) is 3. The van der Waals surface area contributed by atoms with Gasteiger partial charge in [0.25, 0.3) is 0 Å². The second-order valence-corrected chi connectivity index (χ2v) is 7.00. The van der Waals surface area contributed by atoms with E-state index in [-0.39, 0.29) is 11.8 Å². The van der Waals surface area contributed by atoms with Gasteiger partial charge in [-0.2, -0.15) is 0 Å². The molecule has 7 nitrogen and oxygen atoms in total. The number of aromatic nitrogens is 2. The summed E-state index contributed by atoms with van der Waals surface area (Å²) in [7, 11) is 3.15. The minimum Gasteiger partial charge on any atom is -0.493 e. The van der Waals surface area contributed by atoms with Crippen molar-refractivity contribution in [3.05, 3.63) is 42.7 Å². The van der Waals surface area contributed by atoms with Gasteiger partial charge in [-0.15, -0.1) is 0 Å². The number of amides is 1. The average Bonchev–Trinajstić information content (AvgIpc) is 3.29. The first-order valence-corrected chi connectivity index (χ1v) is 9.63. The highest BCUT2D eigenvalue weighted by Gasteiger charge is 2.22. The predicted octanol–water partition coefficient (Wildman–Crippen LogP) is 4.57. The zero-order valence-corrected chi connectivity index (χ0v) is 16.5. The van der Waals surface area contributed by atoms with Gasteiger partial charge in [-0.05, 0) is 43.2 Å². The van der Waals surface area contributed by atoms with E-state index in [1.807, 2.05) is 12.1 Å². The summed E-state index contributed by atoms with van der Waals surface area (Å²) in [5.41, 5.74) is 1.45. The maximum absolute atomic E-state index is 12.3. The lowest BCUT2D eigenvalue weighted by atomic mass is 10.1. The molecule has 0 saturated heterocycles. The van der Waals surface area contributed by atoms with Crippen LogP contribution in [0.5, 0.6) is 23.1 Å². The SMILES string of the molecule is COc1cc2ncnc(Oc3ccc(NC(=O)C4CCCC4)cc3)c2cc1OC. The van der Waals surface area contributed by atoms with Gasteiger partial charge < -0.3 is 19.5 Å². The van der Waals surface area contributed by atoms with Crippen LogP contribution in [0.4, 0.5) is 5.69 Å². The molecule has 1 heterocycles. The summed E-state index contributed by atoms with van der Waals surface area (Å²) in [5, 5.41) is 3.69. The van der Waals surface area contributed by atoms with Crippen LogP contribution < -0.4 is 19.5 Å². The van der Waals surface area contributed by atoms with Gasteiger partial charge in [0.1, 0.15) is 12.1 Å². The van der Waals surface area contributed by atoms with Crippen molar-refractivity contribution >= 4 is 22.5 Å². The molecule has 29 heavy (non-hydrogen) atoms. The molecule has 0 spiro atoms. The van der Waals surface area contributed by atoms with Crippen molar-refractivity contribution in [2.75, 3.05) is 19.5 Å². The Hall–Kier alpha value is -3.35. The number of carbonyl (C=O) groups excluding carboxylic acids is 1. The largest absolute Gasteiger partial charge is 0.493 e. The summed E-state index contributed by atoms with van der Waals surface area (Å²) in [5.74, 6) is 2.42. The molecule has 1 amide bonds. The Morgan fingerprint density at radius 3 is 2.38 bits per heavy atom. The zero-order chi connectivity index (χ0) is 20.2. The molecule has 7 heteroatoms. The summed E-state index contributed by atoms with van der Waals surface area (Å²) in [4.78, 5) is 20.8. The average molecular weight is 393 g/mol. The van der Waals surface area contributed by atoms with E-state index < -0.39 is 0 Å². The lowest BCUT2D eigenvalue weighted by molar-refractivity contribution is -0.119. The van der Waals surface area contributed by atoms with Crippen LogP contribution in [-0.2, 0) is 4.79 Å². The summed E-state index contributed by atoms with van der Waals surface area (Å²) in [6, 6.07) is 10.8. The second kappa shape index (κ2) is 8.34. The molecule has 1 aromatic heterocycles. The van der Waals surface area contributed by atoms with Crippen molar-refractivity contribution in [2.24, 2.45) is 5.92 Å². The minimum absolute atomic E-state index is 0.0963. The van der Waals surface area contributed by atoms with Crippen molar-refractivity contribution < 1.29 is 19.0 Å². The van der Waals surface area contributed by atoms with Gasteiger partial charge in [0.15, 0.2) is 11.5 Å². The van der Waals surface area contributed by atoms with Crippen molar-refractivity contribution in [2.45, 2.75) is 25.7 Å². The molecule has 0 atom stereocenters. The standard InChI is InChI=1S/C22H23N3O4/c1-27-19-11-17-18(12-20(19)28-2)23-13-24-22(17)29-16-9-7-15(8-10-16)25-21(26)14-5-3-4-6-14/h7-14H,3-6H2,1-2H3,(H,25,26). The summed E-state index contributed by atoms with van der Waals surface area (Å²) < 4.78 is 16.7. The van der Waals surface area contributed by atoms with Gasteiger partial charge in [0.05, 0.1) is 25.1 Å². The zero-order valence-electron chi connectivity index (χ0n) is 16.5. The van der Waals surface area contributed by atoms with E-state index in [0.29, 0.717) is 34.0 Å². The highest BCUT2D eigenvalue weighted by molar-refractivity contribution is 5.92. The van der Waals surface area contributed by atoms with Crippen LogP contribution in [0.2, 0.25) is 0 Å². The van der Waals surface area contributed by atoms with Crippen LogP contribution in [0.25, 0.3) is 10.9 Å². The molecule has 0 unspecified atom stereocenters. The van der Waals surface area contributed by atoms with E-state index in [2.05, 4.69) is 15.3 Å². The van der Waals surface area contributed by atoms with Gasteiger partial charge >= 0.3 is 0 Å². The third-order valence-electron chi connectivity index (χ3n) is 5.17. The van der Waals surface area contributed by atoms with Crippen LogP contribution in [0.1, 0.15) is 25.7 Å².